The third-order valence-corrected chi connectivity index (χ3v) is 4.43. The lowest BCUT2D eigenvalue weighted by Gasteiger charge is -2.21. The van der Waals surface area contributed by atoms with Crippen LogP contribution in [0.15, 0.2) is 53.3 Å². The first-order chi connectivity index (χ1) is 13.0. The zero-order valence-corrected chi connectivity index (χ0v) is 16.4. The molecule has 1 heterocycles. The Morgan fingerprint density at radius 2 is 1.78 bits per heavy atom. The van der Waals surface area contributed by atoms with Crippen LogP contribution in [0.5, 0.6) is 5.75 Å². The Morgan fingerprint density at radius 1 is 1.07 bits per heavy atom. The minimum atomic E-state index is -0.0839. The van der Waals surface area contributed by atoms with Crippen LogP contribution in [0, 0.1) is 5.92 Å². The van der Waals surface area contributed by atoms with Crippen molar-refractivity contribution < 1.29 is 4.74 Å². The molecule has 0 fully saturated rings. The summed E-state index contributed by atoms with van der Waals surface area (Å²) in [7, 11) is 0. The van der Waals surface area contributed by atoms with E-state index in [0.717, 1.165) is 12.2 Å². The Bertz CT molecular complexity index is 979. The van der Waals surface area contributed by atoms with E-state index in [1.165, 1.54) is 0 Å². The van der Waals surface area contributed by atoms with E-state index in [9.17, 15) is 4.79 Å². The van der Waals surface area contributed by atoms with Gasteiger partial charge in [0.15, 0.2) is 0 Å². The molecule has 0 aliphatic carbocycles. The van der Waals surface area contributed by atoms with Crippen molar-refractivity contribution in [1.29, 1.82) is 0 Å². The predicted molar refractivity (Wildman–Crippen MR) is 110 cm³/mol. The molecule has 1 aromatic heterocycles. The van der Waals surface area contributed by atoms with Crippen LogP contribution in [0.25, 0.3) is 16.6 Å². The first-order valence-corrected chi connectivity index (χ1v) is 9.50. The van der Waals surface area contributed by atoms with E-state index in [2.05, 4.69) is 19.2 Å². The maximum Gasteiger partial charge on any atom is 0.266 e. The molecule has 0 amide bonds. The summed E-state index contributed by atoms with van der Waals surface area (Å²) in [5, 5.41) is 4.09. The highest BCUT2D eigenvalue weighted by molar-refractivity contribution is 5.78. The molecule has 142 valence electrons. The van der Waals surface area contributed by atoms with Crippen molar-refractivity contribution in [3.63, 3.8) is 0 Å². The molecule has 0 aliphatic rings. The Hall–Kier alpha value is -2.66. The molecule has 3 aromatic rings. The Balaban J connectivity index is 2.25. The second-order valence-corrected chi connectivity index (χ2v) is 7.05. The molecule has 1 atom stereocenters. The van der Waals surface area contributed by atoms with Gasteiger partial charge in [-0.05, 0) is 50.6 Å². The molecule has 1 N–H and O–H groups in total. The quantitative estimate of drug-likeness (QED) is 0.685. The number of benzene rings is 2. The normalized spacial score (nSPS) is 12.5. The summed E-state index contributed by atoms with van der Waals surface area (Å²) >= 11 is 0. The number of para-hydroxylation sites is 3. The topological polar surface area (TPSA) is 56.1 Å². The van der Waals surface area contributed by atoms with Gasteiger partial charge >= 0.3 is 0 Å². The van der Waals surface area contributed by atoms with Gasteiger partial charge in [0, 0.05) is 0 Å². The van der Waals surface area contributed by atoms with Gasteiger partial charge in [-0.15, -0.1) is 0 Å². The van der Waals surface area contributed by atoms with E-state index >= 15 is 0 Å². The lowest BCUT2D eigenvalue weighted by molar-refractivity contribution is 0.338. The van der Waals surface area contributed by atoms with Gasteiger partial charge in [-0.25, -0.2) is 4.98 Å². The summed E-state index contributed by atoms with van der Waals surface area (Å²) < 4.78 is 7.47. The van der Waals surface area contributed by atoms with E-state index in [1.807, 2.05) is 62.4 Å². The molecule has 2 aromatic carbocycles. The van der Waals surface area contributed by atoms with Gasteiger partial charge in [-0.3, -0.25) is 9.36 Å². The van der Waals surface area contributed by atoms with Crippen molar-refractivity contribution >= 4 is 10.9 Å². The highest BCUT2D eigenvalue weighted by Crippen LogP contribution is 2.25. The molecule has 0 unspecified atom stereocenters. The second-order valence-electron chi connectivity index (χ2n) is 7.05. The summed E-state index contributed by atoms with van der Waals surface area (Å²) in [5.41, 5.74) is 1.34. The molecule has 0 saturated heterocycles. The van der Waals surface area contributed by atoms with Crippen molar-refractivity contribution in [3.05, 3.63) is 64.7 Å². The monoisotopic (exact) mass is 365 g/mol. The van der Waals surface area contributed by atoms with Crippen LogP contribution in [-0.4, -0.2) is 22.7 Å². The molecule has 5 nitrogen and oxygen atoms in total. The lowest BCUT2D eigenvalue weighted by atomic mass is 10.1. The number of rotatable bonds is 7. The third-order valence-electron chi connectivity index (χ3n) is 4.43. The van der Waals surface area contributed by atoms with Gasteiger partial charge in [0.25, 0.3) is 5.56 Å². The molecular formula is C22H27N3O2. The van der Waals surface area contributed by atoms with Crippen LogP contribution in [0.1, 0.15) is 39.6 Å². The number of ether oxygens (including phenoxy) is 1. The molecule has 5 heteroatoms. The first kappa shape index (κ1) is 19.1. The number of aromatic nitrogens is 2. The van der Waals surface area contributed by atoms with Gasteiger partial charge in [0.2, 0.25) is 0 Å². The van der Waals surface area contributed by atoms with Crippen LogP contribution < -0.4 is 15.6 Å². The van der Waals surface area contributed by atoms with Crippen molar-refractivity contribution in [2.45, 2.75) is 33.7 Å². The summed E-state index contributed by atoms with van der Waals surface area (Å²) in [6, 6.07) is 15.0. The third kappa shape index (κ3) is 4.03. The summed E-state index contributed by atoms with van der Waals surface area (Å²) in [6.45, 7) is 9.67. The first-order valence-electron chi connectivity index (χ1n) is 9.50. The molecule has 27 heavy (non-hydrogen) atoms. The zero-order chi connectivity index (χ0) is 19.4. The van der Waals surface area contributed by atoms with E-state index < -0.39 is 0 Å². The van der Waals surface area contributed by atoms with E-state index in [0.29, 0.717) is 35.0 Å². The number of fused-ring (bicyclic) bond motifs is 1. The van der Waals surface area contributed by atoms with Crippen molar-refractivity contribution in [1.82, 2.24) is 14.9 Å². The minimum Gasteiger partial charge on any atom is -0.492 e. The number of hydrogen-bond acceptors (Lipinski definition) is 4. The van der Waals surface area contributed by atoms with Crippen molar-refractivity contribution in [2.75, 3.05) is 13.2 Å². The fraction of sp³-hybridized carbons (Fsp3) is 0.364. The van der Waals surface area contributed by atoms with E-state index in [4.69, 9.17) is 9.72 Å². The molecule has 0 aliphatic heterocycles. The van der Waals surface area contributed by atoms with Crippen molar-refractivity contribution in [2.24, 2.45) is 5.92 Å². The van der Waals surface area contributed by atoms with Gasteiger partial charge in [0.1, 0.15) is 11.6 Å². The highest BCUT2D eigenvalue weighted by Gasteiger charge is 2.20. The lowest BCUT2D eigenvalue weighted by Crippen LogP contribution is -2.31. The molecule has 0 bridgehead atoms. The number of hydrogen-bond donors (Lipinski definition) is 1. The summed E-state index contributed by atoms with van der Waals surface area (Å²) in [6.07, 6.45) is 0. The predicted octanol–water partition coefficient (Wildman–Crippen LogP) is 4.09. The SMILES string of the molecule is CCOc1ccccc1-n1c([C@@H](C)NCC(C)C)nc2ccccc2c1=O. The van der Waals surface area contributed by atoms with E-state index in [1.54, 1.807) is 4.57 Å². The van der Waals surface area contributed by atoms with Gasteiger partial charge in [-0.1, -0.05) is 38.1 Å². The van der Waals surface area contributed by atoms with Crippen LogP contribution >= 0.6 is 0 Å². The zero-order valence-electron chi connectivity index (χ0n) is 16.4. The fourth-order valence-electron chi connectivity index (χ4n) is 3.10. The average molecular weight is 365 g/mol. The second kappa shape index (κ2) is 8.35. The number of nitrogens with zero attached hydrogens (tertiary/aromatic N) is 2. The van der Waals surface area contributed by atoms with E-state index in [-0.39, 0.29) is 11.6 Å². The molecule has 0 radical (unpaired) electrons. The Labute approximate surface area is 160 Å². The molecule has 3 rings (SSSR count). The standard InChI is InChI=1S/C22H27N3O2/c1-5-27-20-13-9-8-12-19(20)25-21(16(4)23-14-15(2)3)24-18-11-7-6-10-17(18)22(25)26/h6-13,15-16,23H,5,14H2,1-4H3/t16-/m1/s1. The fourth-order valence-corrected chi connectivity index (χ4v) is 3.10. The minimum absolute atomic E-state index is 0.0825. The van der Waals surface area contributed by atoms with Crippen LogP contribution in [0.3, 0.4) is 0 Å². The van der Waals surface area contributed by atoms with Crippen LogP contribution in [-0.2, 0) is 0 Å². The Kier molecular flexibility index (Phi) is 5.91. The maximum absolute atomic E-state index is 13.4. The maximum atomic E-state index is 13.4. The Morgan fingerprint density at radius 3 is 2.52 bits per heavy atom. The number of nitrogens with one attached hydrogen (secondary N) is 1. The van der Waals surface area contributed by atoms with Crippen LogP contribution in [0.4, 0.5) is 0 Å². The highest BCUT2D eigenvalue weighted by atomic mass is 16.5. The molecular weight excluding hydrogens is 338 g/mol. The smallest absolute Gasteiger partial charge is 0.266 e. The molecule has 0 spiro atoms. The average Bonchev–Trinajstić information content (AvgIpc) is 2.67. The summed E-state index contributed by atoms with van der Waals surface area (Å²) in [5.74, 6) is 1.87. The van der Waals surface area contributed by atoms with Crippen LogP contribution in [0.2, 0.25) is 0 Å². The summed E-state index contributed by atoms with van der Waals surface area (Å²) in [4.78, 5) is 18.2. The molecule has 0 saturated carbocycles. The van der Waals surface area contributed by atoms with Gasteiger partial charge < -0.3 is 10.1 Å². The van der Waals surface area contributed by atoms with Gasteiger partial charge in [0.05, 0.1) is 29.2 Å². The largest absolute Gasteiger partial charge is 0.492 e. The van der Waals surface area contributed by atoms with Gasteiger partial charge in [-0.2, -0.15) is 0 Å². The van der Waals surface area contributed by atoms with Crippen molar-refractivity contribution in [3.8, 4) is 11.4 Å².